The molecule has 1 unspecified atom stereocenters. The molecule has 1 amide bonds. The number of nitrogens with zero attached hydrogens (tertiary/aromatic N) is 1. The van der Waals surface area contributed by atoms with Crippen molar-refractivity contribution in [2.45, 2.75) is 26.3 Å². The minimum absolute atomic E-state index is 0. The summed E-state index contributed by atoms with van der Waals surface area (Å²) in [7, 11) is 1.63. The maximum absolute atomic E-state index is 13.2. The van der Waals surface area contributed by atoms with Crippen molar-refractivity contribution in [3.05, 3.63) is 32.9 Å². The van der Waals surface area contributed by atoms with Crippen LogP contribution in [0.4, 0.5) is 8.78 Å². The largest absolute Gasteiger partial charge is 0.342 e. The van der Waals surface area contributed by atoms with Crippen LogP contribution < -0.4 is 5.73 Å². The van der Waals surface area contributed by atoms with Crippen LogP contribution in [-0.2, 0) is 0 Å². The highest BCUT2D eigenvalue weighted by molar-refractivity contribution is 14.1. The molecule has 0 spiro atoms. The van der Waals surface area contributed by atoms with Gasteiger partial charge in [-0.25, -0.2) is 8.78 Å². The summed E-state index contributed by atoms with van der Waals surface area (Å²) in [5.74, 6) is -1.96. The normalized spacial score (nSPS) is 12.0. The predicted octanol–water partition coefficient (Wildman–Crippen LogP) is 3.44. The van der Waals surface area contributed by atoms with Gasteiger partial charge in [0.2, 0.25) is 0 Å². The van der Waals surface area contributed by atoms with Gasteiger partial charge in [0.05, 0.1) is 5.56 Å². The van der Waals surface area contributed by atoms with E-state index in [0.29, 0.717) is 22.5 Å². The van der Waals surface area contributed by atoms with Crippen LogP contribution in [0.25, 0.3) is 0 Å². The standard InChI is InChI=1S/C14H19F2IN2O.ClH/c1-8(2)13(18)4-5-19(3)14(20)9-6-10(15)11(16)7-12(9)17;/h6-8,13H,4-5,18H2,1-3H3;1H. The number of halogens is 4. The number of nitrogens with two attached hydrogens (primary N) is 1. The van der Waals surface area contributed by atoms with Crippen molar-refractivity contribution in [2.75, 3.05) is 13.6 Å². The number of rotatable bonds is 5. The van der Waals surface area contributed by atoms with E-state index in [9.17, 15) is 13.6 Å². The van der Waals surface area contributed by atoms with E-state index >= 15 is 0 Å². The molecule has 0 heterocycles. The molecule has 7 heteroatoms. The smallest absolute Gasteiger partial charge is 0.254 e. The lowest BCUT2D eigenvalue weighted by atomic mass is 10.0. The molecule has 2 N–H and O–H groups in total. The number of benzene rings is 1. The molecular weight excluding hydrogens is 413 g/mol. The Hall–Kier alpha value is -0.470. The van der Waals surface area contributed by atoms with E-state index in [1.807, 2.05) is 36.4 Å². The van der Waals surface area contributed by atoms with Gasteiger partial charge >= 0.3 is 0 Å². The van der Waals surface area contributed by atoms with Gasteiger partial charge in [0, 0.05) is 23.2 Å². The third-order valence-corrected chi connectivity index (χ3v) is 4.13. The van der Waals surface area contributed by atoms with Gasteiger partial charge in [0.25, 0.3) is 5.91 Å². The molecule has 1 rings (SSSR count). The zero-order chi connectivity index (χ0) is 15.4. The molecule has 1 aromatic rings. The van der Waals surface area contributed by atoms with E-state index in [-0.39, 0.29) is 29.9 Å². The quantitative estimate of drug-likeness (QED) is 0.572. The summed E-state index contributed by atoms with van der Waals surface area (Å²) in [5, 5.41) is 0. The Kier molecular flexibility index (Phi) is 8.65. The minimum atomic E-state index is -1.01. The lowest BCUT2D eigenvalue weighted by Crippen LogP contribution is -2.35. The molecule has 0 aliphatic heterocycles. The average Bonchev–Trinajstić information content (AvgIpc) is 2.38. The van der Waals surface area contributed by atoms with Gasteiger partial charge < -0.3 is 10.6 Å². The second-order valence-electron chi connectivity index (χ2n) is 5.17. The summed E-state index contributed by atoms with van der Waals surface area (Å²) in [4.78, 5) is 13.7. The molecule has 0 saturated carbocycles. The molecule has 21 heavy (non-hydrogen) atoms. The van der Waals surface area contributed by atoms with Crippen LogP contribution in [0.3, 0.4) is 0 Å². The molecule has 0 aromatic heterocycles. The maximum Gasteiger partial charge on any atom is 0.254 e. The van der Waals surface area contributed by atoms with Crippen molar-refractivity contribution in [1.82, 2.24) is 4.90 Å². The fraction of sp³-hybridized carbons (Fsp3) is 0.500. The van der Waals surface area contributed by atoms with Gasteiger partial charge in [0.1, 0.15) is 0 Å². The summed E-state index contributed by atoms with van der Waals surface area (Å²) in [6, 6.07) is 1.98. The molecule has 1 atom stereocenters. The monoisotopic (exact) mass is 432 g/mol. The third-order valence-electron chi connectivity index (χ3n) is 3.24. The fourth-order valence-electron chi connectivity index (χ4n) is 1.67. The zero-order valence-corrected chi connectivity index (χ0v) is 15.2. The molecule has 0 bridgehead atoms. The Balaban J connectivity index is 0.00000400. The molecule has 0 aliphatic rings. The SMILES string of the molecule is CC(C)C(N)CCN(C)C(=O)c1cc(F)c(F)cc1I.Cl. The van der Waals surface area contributed by atoms with Crippen molar-refractivity contribution in [1.29, 1.82) is 0 Å². The molecule has 0 radical (unpaired) electrons. The molecular formula is C14H20ClF2IN2O. The Morgan fingerprint density at radius 3 is 2.38 bits per heavy atom. The van der Waals surface area contributed by atoms with Crippen LogP contribution in [0.15, 0.2) is 12.1 Å². The fourth-order valence-corrected chi connectivity index (χ4v) is 2.33. The highest BCUT2D eigenvalue weighted by Crippen LogP contribution is 2.19. The lowest BCUT2D eigenvalue weighted by molar-refractivity contribution is 0.0787. The Morgan fingerprint density at radius 2 is 1.86 bits per heavy atom. The Labute approximate surface area is 143 Å². The molecule has 1 aromatic carbocycles. The lowest BCUT2D eigenvalue weighted by Gasteiger charge is -2.22. The van der Waals surface area contributed by atoms with Gasteiger partial charge in [-0.05, 0) is 47.1 Å². The van der Waals surface area contributed by atoms with Crippen LogP contribution in [0.2, 0.25) is 0 Å². The van der Waals surface area contributed by atoms with Crippen LogP contribution in [0.1, 0.15) is 30.6 Å². The van der Waals surface area contributed by atoms with E-state index in [2.05, 4.69) is 0 Å². The van der Waals surface area contributed by atoms with Gasteiger partial charge in [-0.15, -0.1) is 12.4 Å². The van der Waals surface area contributed by atoms with Crippen molar-refractivity contribution in [3.8, 4) is 0 Å². The van der Waals surface area contributed by atoms with Gasteiger partial charge in [0.15, 0.2) is 11.6 Å². The van der Waals surface area contributed by atoms with Gasteiger partial charge in [-0.1, -0.05) is 13.8 Å². The molecule has 0 aliphatic carbocycles. The summed E-state index contributed by atoms with van der Waals surface area (Å²) >= 11 is 1.82. The van der Waals surface area contributed by atoms with Crippen LogP contribution in [0, 0.1) is 21.1 Å². The Morgan fingerprint density at radius 1 is 1.33 bits per heavy atom. The van der Waals surface area contributed by atoms with Crippen molar-refractivity contribution < 1.29 is 13.6 Å². The second kappa shape index (κ2) is 8.85. The van der Waals surface area contributed by atoms with E-state index < -0.39 is 11.6 Å². The summed E-state index contributed by atoms with van der Waals surface area (Å²) in [6.45, 7) is 4.52. The third kappa shape index (κ3) is 5.67. The van der Waals surface area contributed by atoms with E-state index in [1.54, 1.807) is 7.05 Å². The first kappa shape index (κ1) is 20.5. The molecule has 0 saturated heterocycles. The summed E-state index contributed by atoms with van der Waals surface area (Å²) < 4.78 is 26.7. The minimum Gasteiger partial charge on any atom is -0.342 e. The topological polar surface area (TPSA) is 46.3 Å². The van der Waals surface area contributed by atoms with E-state index in [1.165, 1.54) is 4.90 Å². The number of carbonyl (C=O) groups is 1. The average molecular weight is 433 g/mol. The van der Waals surface area contributed by atoms with E-state index in [0.717, 1.165) is 12.1 Å². The first-order valence-electron chi connectivity index (χ1n) is 6.39. The van der Waals surface area contributed by atoms with Crippen molar-refractivity contribution in [2.24, 2.45) is 11.7 Å². The number of hydrogen-bond donors (Lipinski definition) is 1. The molecule has 3 nitrogen and oxygen atoms in total. The molecule has 120 valence electrons. The number of amides is 1. The first-order chi connectivity index (χ1) is 9.23. The summed E-state index contributed by atoms with van der Waals surface area (Å²) in [6.07, 6.45) is 0.667. The van der Waals surface area contributed by atoms with Gasteiger partial charge in [-0.3, -0.25) is 4.79 Å². The second-order valence-corrected chi connectivity index (χ2v) is 6.33. The Bertz CT molecular complexity index is 500. The highest BCUT2D eigenvalue weighted by Gasteiger charge is 2.19. The van der Waals surface area contributed by atoms with Crippen molar-refractivity contribution in [3.63, 3.8) is 0 Å². The van der Waals surface area contributed by atoms with Crippen molar-refractivity contribution >= 4 is 40.9 Å². The predicted molar refractivity (Wildman–Crippen MR) is 90.7 cm³/mol. The maximum atomic E-state index is 13.2. The van der Waals surface area contributed by atoms with Gasteiger partial charge in [-0.2, -0.15) is 0 Å². The number of carbonyl (C=O) groups excluding carboxylic acids is 1. The van der Waals surface area contributed by atoms with Crippen LogP contribution >= 0.6 is 35.0 Å². The summed E-state index contributed by atoms with van der Waals surface area (Å²) in [5.41, 5.74) is 6.10. The molecule has 0 fully saturated rings. The van der Waals surface area contributed by atoms with Crippen LogP contribution in [0.5, 0.6) is 0 Å². The highest BCUT2D eigenvalue weighted by atomic mass is 127. The van der Waals surface area contributed by atoms with Crippen LogP contribution in [-0.4, -0.2) is 30.4 Å². The number of hydrogen-bond acceptors (Lipinski definition) is 2. The first-order valence-corrected chi connectivity index (χ1v) is 7.47. The van der Waals surface area contributed by atoms with E-state index in [4.69, 9.17) is 5.73 Å². The zero-order valence-electron chi connectivity index (χ0n) is 12.2.